The Kier molecular flexibility index (Phi) is 3.99. The molecule has 0 aromatic heterocycles. The third-order valence-electron chi connectivity index (χ3n) is 2.01. The quantitative estimate of drug-likeness (QED) is 0.641. The highest BCUT2D eigenvalue weighted by atomic mass is 35.5. The van der Waals surface area contributed by atoms with Crippen LogP contribution in [0.15, 0.2) is 18.2 Å². The van der Waals surface area contributed by atoms with Crippen molar-refractivity contribution in [3.8, 4) is 0 Å². The lowest BCUT2D eigenvalue weighted by Crippen LogP contribution is -2.13. The van der Waals surface area contributed by atoms with Gasteiger partial charge in [-0.05, 0) is 18.6 Å². The highest BCUT2D eigenvalue weighted by molar-refractivity contribution is 6.30. The number of nitrogens with zero attached hydrogens (tertiary/aromatic N) is 1. The number of benzene rings is 1. The van der Waals surface area contributed by atoms with Gasteiger partial charge in [-0.25, -0.2) is 0 Å². The predicted octanol–water partition coefficient (Wildman–Crippen LogP) is 2.61. The number of hydrogen-bond donors (Lipinski definition) is 1. The van der Waals surface area contributed by atoms with Gasteiger partial charge in [-0.3, -0.25) is 14.5 Å². The van der Waals surface area contributed by atoms with Gasteiger partial charge in [0, 0.05) is 22.7 Å². The van der Waals surface area contributed by atoms with Crippen LogP contribution in [0.2, 0.25) is 5.02 Å². The average molecular weight is 233 g/mol. The third kappa shape index (κ3) is 2.87. The van der Waals surface area contributed by atoms with Crippen LogP contribution in [0, 0.1) is 10.1 Å². The van der Waals surface area contributed by atoms with Crippen LogP contribution in [0.25, 0.3) is 0 Å². The first-order chi connectivity index (χ1) is 7.06. The van der Waals surface area contributed by atoms with Gasteiger partial charge < -0.3 is 5.73 Å². The molecule has 0 aliphatic rings. The Labute approximate surface area is 91.0 Å². The van der Waals surface area contributed by atoms with Crippen molar-refractivity contribution in [1.29, 1.82) is 0 Å². The van der Waals surface area contributed by atoms with Crippen LogP contribution in [0.5, 0.6) is 0 Å². The van der Waals surface area contributed by atoms with E-state index in [4.69, 9.17) is 17.3 Å². The summed E-state index contributed by atoms with van der Waals surface area (Å²) in [5.74, 6) is 0. The van der Waals surface area contributed by atoms with Crippen molar-refractivity contribution in [2.24, 2.45) is 5.73 Å². The first kappa shape index (κ1) is 11.9. The average Bonchev–Trinajstić information content (AvgIpc) is 2.17. The maximum Gasteiger partial charge on any atom is 0.274 e. The van der Waals surface area contributed by atoms with Gasteiger partial charge in [-0.1, -0.05) is 11.6 Å². The van der Waals surface area contributed by atoms with Crippen LogP contribution < -0.4 is 5.73 Å². The van der Waals surface area contributed by atoms with E-state index in [1.807, 2.05) is 0 Å². The number of alkyl halides is 1. The van der Waals surface area contributed by atoms with Gasteiger partial charge >= 0.3 is 0 Å². The smallest absolute Gasteiger partial charge is 0.274 e. The number of nitro groups is 1. The standard InChI is InChI=1S/C9H10ClFN2O2/c10-6-1-2-9(13(14)15)7(5-6)8(12)3-4-11/h1-2,5,8H,3-4,12H2/t8-/m0/s1. The first-order valence-corrected chi connectivity index (χ1v) is 4.69. The summed E-state index contributed by atoms with van der Waals surface area (Å²) in [6.07, 6.45) is 0.0428. The van der Waals surface area contributed by atoms with Crippen LogP contribution in [-0.2, 0) is 0 Å². The summed E-state index contributed by atoms with van der Waals surface area (Å²) in [4.78, 5) is 10.1. The molecule has 15 heavy (non-hydrogen) atoms. The van der Waals surface area contributed by atoms with E-state index in [9.17, 15) is 14.5 Å². The third-order valence-corrected chi connectivity index (χ3v) is 2.24. The van der Waals surface area contributed by atoms with Crippen molar-refractivity contribution in [3.05, 3.63) is 38.9 Å². The van der Waals surface area contributed by atoms with Crippen LogP contribution >= 0.6 is 11.6 Å². The molecule has 0 aliphatic carbocycles. The first-order valence-electron chi connectivity index (χ1n) is 4.31. The lowest BCUT2D eigenvalue weighted by Gasteiger charge is -2.10. The van der Waals surface area contributed by atoms with Crippen LogP contribution in [0.1, 0.15) is 18.0 Å². The molecule has 0 bridgehead atoms. The summed E-state index contributed by atoms with van der Waals surface area (Å²) < 4.78 is 12.1. The molecular weight excluding hydrogens is 223 g/mol. The fourth-order valence-corrected chi connectivity index (χ4v) is 1.44. The summed E-state index contributed by atoms with van der Waals surface area (Å²) in [6.45, 7) is -0.620. The van der Waals surface area contributed by atoms with Crippen molar-refractivity contribution < 1.29 is 9.31 Å². The predicted molar refractivity (Wildman–Crippen MR) is 55.6 cm³/mol. The second-order valence-corrected chi connectivity index (χ2v) is 3.48. The van der Waals surface area contributed by atoms with Gasteiger partial charge in [-0.2, -0.15) is 0 Å². The summed E-state index contributed by atoms with van der Waals surface area (Å²) in [5.41, 5.74) is 5.75. The van der Waals surface area contributed by atoms with E-state index < -0.39 is 17.6 Å². The molecule has 1 rings (SSSR count). The Bertz CT molecular complexity index is 373. The normalized spacial score (nSPS) is 12.5. The molecule has 1 aromatic carbocycles. The molecule has 0 heterocycles. The van der Waals surface area contributed by atoms with Gasteiger partial charge in [0.25, 0.3) is 5.69 Å². The van der Waals surface area contributed by atoms with Crippen LogP contribution in [-0.4, -0.2) is 11.6 Å². The molecule has 0 saturated heterocycles. The molecule has 1 aromatic rings. The van der Waals surface area contributed by atoms with E-state index in [2.05, 4.69) is 0 Å². The Morgan fingerprint density at radius 2 is 2.27 bits per heavy atom. The Morgan fingerprint density at radius 3 is 2.80 bits per heavy atom. The van der Waals surface area contributed by atoms with E-state index >= 15 is 0 Å². The van der Waals surface area contributed by atoms with Gasteiger partial charge in [0.2, 0.25) is 0 Å². The summed E-state index contributed by atoms with van der Waals surface area (Å²) in [6, 6.07) is 3.38. The van der Waals surface area contributed by atoms with Gasteiger partial charge in [0.15, 0.2) is 0 Å². The highest BCUT2D eigenvalue weighted by Gasteiger charge is 2.19. The maximum atomic E-state index is 12.1. The molecule has 82 valence electrons. The van der Waals surface area contributed by atoms with Crippen molar-refractivity contribution in [1.82, 2.24) is 0 Å². The number of halogens is 2. The minimum absolute atomic E-state index is 0.0428. The summed E-state index contributed by atoms with van der Waals surface area (Å²) in [5, 5.41) is 11.0. The number of rotatable bonds is 4. The van der Waals surface area contributed by atoms with E-state index in [0.717, 1.165) is 0 Å². The molecule has 6 heteroatoms. The lowest BCUT2D eigenvalue weighted by molar-refractivity contribution is -0.385. The van der Waals surface area contributed by atoms with Gasteiger partial charge in [0.1, 0.15) is 0 Å². The van der Waals surface area contributed by atoms with Gasteiger partial charge in [0.05, 0.1) is 11.6 Å². The fourth-order valence-electron chi connectivity index (χ4n) is 1.26. The number of nitro benzene ring substituents is 1. The second kappa shape index (κ2) is 5.04. The number of hydrogen-bond acceptors (Lipinski definition) is 3. The van der Waals surface area contributed by atoms with E-state index in [0.29, 0.717) is 5.02 Å². The Balaban J connectivity index is 3.12. The van der Waals surface area contributed by atoms with Crippen LogP contribution in [0.4, 0.5) is 10.1 Å². The molecule has 0 amide bonds. The van der Waals surface area contributed by atoms with Crippen molar-refractivity contribution in [3.63, 3.8) is 0 Å². The zero-order valence-corrected chi connectivity index (χ0v) is 8.58. The van der Waals surface area contributed by atoms with Crippen LogP contribution in [0.3, 0.4) is 0 Å². The topological polar surface area (TPSA) is 69.2 Å². The minimum Gasteiger partial charge on any atom is -0.324 e. The molecular formula is C9H10ClFN2O2. The molecule has 0 aliphatic heterocycles. The van der Waals surface area contributed by atoms with Crippen molar-refractivity contribution >= 4 is 17.3 Å². The fraction of sp³-hybridized carbons (Fsp3) is 0.333. The van der Waals surface area contributed by atoms with Crippen molar-refractivity contribution in [2.75, 3.05) is 6.67 Å². The van der Waals surface area contributed by atoms with E-state index in [1.165, 1.54) is 18.2 Å². The largest absolute Gasteiger partial charge is 0.324 e. The van der Waals surface area contributed by atoms with Gasteiger partial charge in [-0.15, -0.1) is 0 Å². The Hall–Kier alpha value is -1.20. The van der Waals surface area contributed by atoms with E-state index in [-0.39, 0.29) is 17.7 Å². The SMILES string of the molecule is N[C@@H](CCF)c1cc(Cl)ccc1[N+](=O)[O-]. The molecule has 4 nitrogen and oxygen atoms in total. The molecule has 2 N–H and O–H groups in total. The molecule has 1 atom stereocenters. The highest BCUT2D eigenvalue weighted by Crippen LogP contribution is 2.28. The molecule has 0 radical (unpaired) electrons. The van der Waals surface area contributed by atoms with Crippen molar-refractivity contribution in [2.45, 2.75) is 12.5 Å². The molecule has 0 unspecified atom stereocenters. The zero-order chi connectivity index (χ0) is 11.4. The molecule has 0 spiro atoms. The minimum atomic E-state index is -0.700. The second-order valence-electron chi connectivity index (χ2n) is 3.04. The monoisotopic (exact) mass is 232 g/mol. The maximum absolute atomic E-state index is 12.1. The number of nitrogens with two attached hydrogens (primary N) is 1. The molecule has 0 fully saturated rings. The Morgan fingerprint density at radius 1 is 1.60 bits per heavy atom. The lowest BCUT2D eigenvalue weighted by atomic mass is 10.0. The summed E-state index contributed by atoms with van der Waals surface area (Å²) in [7, 11) is 0. The zero-order valence-electron chi connectivity index (χ0n) is 7.82. The van der Waals surface area contributed by atoms with E-state index in [1.54, 1.807) is 0 Å². The summed E-state index contributed by atoms with van der Waals surface area (Å²) >= 11 is 5.69. The molecule has 0 saturated carbocycles.